The Balaban J connectivity index is 1.77. The van der Waals surface area contributed by atoms with Crippen LogP contribution in [-0.4, -0.2) is 44.3 Å². The fourth-order valence-electron chi connectivity index (χ4n) is 2.22. The topological polar surface area (TPSA) is 58.2 Å². The number of piperidine rings is 1. The van der Waals surface area contributed by atoms with E-state index in [0.717, 1.165) is 32.2 Å². The quantitative estimate of drug-likeness (QED) is 0.759. The van der Waals surface area contributed by atoms with Gasteiger partial charge in [-0.1, -0.05) is 6.42 Å². The lowest BCUT2D eigenvalue weighted by atomic mass is 10.1. The van der Waals surface area contributed by atoms with E-state index < -0.39 is 10.0 Å². The number of hydrogen-bond donors (Lipinski definition) is 2. The number of rotatable bonds is 6. The van der Waals surface area contributed by atoms with Crippen molar-refractivity contribution in [3.05, 3.63) is 0 Å². The highest BCUT2D eigenvalue weighted by Gasteiger charge is 2.42. The molecule has 6 heteroatoms. The van der Waals surface area contributed by atoms with E-state index in [1.165, 1.54) is 6.42 Å². The van der Waals surface area contributed by atoms with E-state index >= 15 is 0 Å². The molecule has 4 nitrogen and oxygen atoms in total. The number of hydrogen-bond acceptors (Lipinski definition) is 4. The average Bonchev–Trinajstić information content (AvgIpc) is 3.08. The van der Waals surface area contributed by atoms with Gasteiger partial charge in [0.05, 0.1) is 5.75 Å². The van der Waals surface area contributed by atoms with Crippen LogP contribution in [0.2, 0.25) is 0 Å². The molecule has 2 rings (SSSR count). The molecule has 2 N–H and O–H groups in total. The Labute approximate surface area is 108 Å². The minimum atomic E-state index is -3.11. The van der Waals surface area contributed by atoms with Gasteiger partial charge in [-0.3, -0.25) is 0 Å². The molecule has 2 aliphatic rings. The summed E-state index contributed by atoms with van der Waals surface area (Å²) < 4.78 is 26.8. The molecule has 0 aromatic heterocycles. The second-order valence-corrected chi connectivity index (χ2v) is 8.26. The van der Waals surface area contributed by atoms with Crippen molar-refractivity contribution in [3.8, 4) is 0 Å². The van der Waals surface area contributed by atoms with Gasteiger partial charge in [-0.15, -0.1) is 0 Å². The Morgan fingerprint density at radius 1 is 1.41 bits per heavy atom. The molecule has 1 saturated carbocycles. The van der Waals surface area contributed by atoms with E-state index in [1.807, 2.05) is 0 Å². The third-order valence-corrected chi connectivity index (χ3v) is 6.53. The van der Waals surface area contributed by atoms with E-state index in [0.29, 0.717) is 6.54 Å². The first-order valence-electron chi connectivity index (χ1n) is 6.31. The van der Waals surface area contributed by atoms with E-state index in [-0.39, 0.29) is 16.5 Å². The minimum Gasteiger partial charge on any atom is -0.313 e. The van der Waals surface area contributed by atoms with Gasteiger partial charge in [-0.05, 0) is 38.5 Å². The van der Waals surface area contributed by atoms with Crippen LogP contribution < -0.4 is 10.0 Å². The molecule has 100 valence electrons. The van der Waals surface area contributed by atoms with Gasteiger partial charge in [-0.25, -0.2) is 13.1 Å². The van der Waals surface area contributed by atoms with Crippen LogP contribution in [0.15, 0.2) is 0 Å². The summed E-state index contributed by atoms with van der Waals surface area (Å²) in [5, 5.41) is 3.28. The first kappa shape index (κ1) is 13.6. The molecule has 17 heavy (non-hydrogen) atoms. The SMILES string of the molecule is CSC1(CNS(=O)(=O)CC2CCCCN2)CC1. The predicted octanol–water partition coefficient (Wildman–Crippen LogP) is 0.943. The van der Waals surface area contributed by atoms with Crippen molar-refractivity contribution in [3.63, 3.8) is 0 Å². The molecule has 1 heterocycles. The highest BCUT2D eigenvalue weighted by molar-refractivity contribution is 8.00. The zero-order valence-electron chi connectivity index (χ0n) is 10.4. The summed E-state index contributed by atoms with van der Waals surface area (Å²) in [5.74, 6) is 0.234. The summed E-state index contributed by atoms with van der Waals surface area (Å²) in [4.78, 5) is 0. The van der Waals surface area contributed by atoms with E-state index in [2.05, 4.69) is 16.3 Å². The van der Waals surface area contributed by atoms with E-state index in [4.69, 9.17) is 0 Å². The van der Waals surface area contributed by atoms with Gasteiger partial charge in [0, 0.05) is 17.3 Å². The van der Waals surface area contributed by atoms with Crippen LogP contribution in [0.4, 0.5) is 0 Å². The maximum Gasteiger partial charge on any atom is 0.213 e. The van der Waals surface area contributed by atoms with Crippen LogP contribution in [-0.2, 0) is 10.0 Å². The zero-order valence-corrected chi connectivity index (χ0v) is 12.0. The summed E-state index contributed by atoms with van der Waals surface area (Å²) in [6.07, 6.45) is 7.62. The lowest BCUT2D eigenvalue weighted by Crippen LogP contribution is -2.44. The maximum atomic E-state index is 11.9. The molecular weight excluding hydrogens is 256 g/mol. The van der Waals surface area contributed by atoms with Crippen molar-refractivity contribution >= 4 is 21.8 Å². The number of thioether (sulfide) groups is 1. The van der Waals surface area contributed by atoms with Crippen molar-refractivity contribution in [1.82, 2.24) is 10.0 Å². The molecule has 0 aromatic carbocycles. The van der Waals surface area contributed by atoms with E-state index in [9.17, 15) is 8.42 Å². The van der Waals surface area contributed by atoms with Crippen molar-refractivity contribution in [2.45, 2.75) is 42.9 Å². The fourth-order valence-corrected chi connectivity index (χ4v) is 4.47. The molecule has 1 aliphatic carbocycles. The van der Waals surface area contributed by atoms with Crippen LogP contribution >= 0.6 is 11.8 Å². The van der Waals surface area contributed by atoms with Crippen molar-refractivity contribution in [1.29, 1.82) is 0 Å². The third kappa shape index (κ3) is 4.12. The summed E-state index contributed by atoms with van der Waals surface area (Å²) in [6, 6.07) is 0.144. The average molecular weight is 278 g/mol. The monoisotopic (exact) mass is 278 g/mol. The summed E-state index contributed by atoms with van der Waals surface area (Å²) in [5.41, 5.74) is 0. The lowest BCUT2D eigenvalue weighted by molar-refractivity contribution is 0.422. The molecule has 2 fully saturated rings. The summed E-state index contributed by atoms with van der Waals surface area (Å²) in [7, 11) is -3.11. The van der Waals surface area contributed by atoms with Gasteiger partial charge in [0.1, 0.15) is 0 Å². The summed E-state index contributed by atoms with van der Waals surface area (Å²) >= 11 is 1.78. The second-order valence-electron chi connectivity index (χ2n) is 5.14. The van der Waals surface area contributed by atoms with Gasteiger partial charge in [-0.2, -0.15) is 11.8 Å². The Bertz CT molecular complexity index is 346. The fraction of sp³-hybridized carbons (Fsp3) is 1.00. The molecule has 0 spiro atoms. The Kier molecular flexibility index (Phi) is 4.39. The third-order valence-electron chi connectivity index (χ3n) is 3.69. The van der Waals surface area contributed by atoms with E-state index in [1.54, 1.807) is 11.8 Å². The first-order valence-corrected chi connectivity index (χ1v) is 9.19. The van der Waals surface area contributed by atoms with Gasteiger partial charge in [0.2, 0.25) is 10.0 Å². The normalized spacial score (nSPS) is 27.9. The second kappa shape index (κ2) is 5.47. The van der Waals surface area contributed by atoms with Crippen molar-refractivity contribution in [2.24, 2.45) is 0 Å². The molecule has 1 unspecified atom stereocenters. The van der Waals surface area contributed by atoms with Crippen LogP contribution in [0.1, 0.15) is 32.1 Å². The van der Waals surface area contributed by atoms with Gasteiger partial charge in [0.15, 0.2) is 0 Å². The van der Waals surface area contributed by atoms with Crippen LogP contribution in [0.25, 0.3) is 0 Å². The maximum absolute atomic E-state index is 11.9. The smallest absolute Gasteiger partial charge is 0.213 e. The van der Waals surface area contributed by atoms with Crippen LogP contribution in [0.3, 0.4) is 0 Å². The Morgan fingerprint density at radius 2 is 2.18 bits per heavy atom. The molecule has 0 radical (unpaired) electrons. The lowest BCUT2D eigenvalue weighted by Gasteiger charge is -2.23. The van der Waals surface area contributed by atoms with Crippen molar-refractivity contribution < 1.29 is 8.42 Å². The predicted molar refractivity (Wildman–Crippen MR) is 72.9 cm³/mol. The molecule has 0 bridgehead atoms. The highest BCUT2D eigenvalue weighted by Crippen LogP contribution is 2.46. The molecule has 1 aliphatic heterocycles. The summed E-state index contributed by atoms with van der Waals surface area (Å²) in [6.45, 7) is 1.55. The number of sulfonamides is 1. The Hall–Kier alpha value is 0.220. The minimum absolute atomic E-state index is 0.144. The highest BCUT2D eigenvalue weighted by atomic mass is 32.2. The molecule has 1 saturated heterocycles. The molecule has 1 atom stereocenters. The largest absolute Gasteiger partial charge is 0.313 e. The molecule has 0 amide bonds. The van der Waals surface area contributed by atoms with Crippen molar-refractivity contribution in [2.75, 3.05) is 25.1 Å². The van der Waals surface area contributed by atoms with Crippen LogP contribution in [0, 0.1) is 0 Å². The Morgan fingerprint density at radius 3 is 2.71 bits per heavy atom. The first-order chi connectivity index (χ1) is 8.05. The zero-order chi connectivity index (χ0) is 12.4. The molecule has 0 aromatic rings. The van der Waals surface area contributed by atoms with Gasteiger partial charge < -0.3 is 5.32 Å². The number of nitrogens with one attached hydrogen (secondary N) is 2. The van der Waals surface area contributed by atoms with Gasteiger partial charge >= 0.3 is 0 Å². The molecular formula is C11H22N2O2S2. The van der Waals surface area contributed by atoms with Gasteiger partial charge in [0.25, 0.3) is 0 Å². The van der Waals surface area contributed by atoms with Crippen LogP contribution in [0.5, 0.6) is 0 Å². The standard InChI is InChI=1S/C11H22N2O2S2/c1-16-11(5-6-11)9-13-17(14,15)8-10-4-2-3-7-12-10/h10,12-13H,2-9H2,1H3.